The Morgan fingerprint density at radius 1 is 0.969 bits per heavy atom. The number of amides is 2. The van der Waals surface area contributed by atoms with Crippen LogP contribution in [0.1, 0.15) is 21.7 Å². The van der Waals surface area contributed by atoms with Crippen LogP contribution < -0.4 is 20.2 Å². The van der Waals surface area contributed by atoms with Crippen molar-refractivity contribution < 1.29 is 23.5 Å². The van der Waals surface area contributed by atoms with Crippen LogP contribution in [0.5, 0.6) is 11.5 Å². The van der Waals surface area contributed by atoms with Gasteiger partial charge in [-0.15, -0.1) is 0 Å². The molecule has 0 spiro atoms. The lowest BCUT2D eigenvalue weighted by Gasteiger charge is -2.09. The molecule has 160 valence electrons. The normalized spacial score (nSPS) is 12.9. The maximum Gasteiger partial charge on any atom is 0.287 e. The number of nitrogens with one attached hydrogen (secondary N) is 2. The number of nitrogens with zero attached hydrogens (tertiary/aromatic N) is 1. The van der Waals surface area contributed by atoms with E-state index in [1.807, 2.05) is 0 Å². The van der Waals surface area contributed by atoms with Crippen LogP contribution in [0.2, 0.25) is 0 Å². The molecule has 1 aliphatic rings. The maximum absolute atomic E-state index is 12.7. The Balaban J connectivity index is 1.51. The zero-order chi connectivity index (χ0) is 22.2. The molecule has 1 aromatic heterocycles. The van der Waals surface area contributed by atoms with Crippen molar-refractivity contribution in [2.45, 2.75) is 0 Å². The number of rotatable bonds is 7. The third kappa shape index (κ3) is 5.31. The molecule has 8 nitrogen and oxygen atoms in total. The van der Waals surface area contributed by atoms with Crippen molar-refractivity contribution in [2.24, 2.45) is 5.10 Å². The number of hydrazone groups is 1. The first-order valence-corrected chi connectivity index (χ1v) is 9.70. The van der Waals surface area contributed by atoms with Gasteiger partial charge in [0.05, 0.1) is 6.26 Å². The largest absolute Gasteiger partial charge is 0.465 e. The standard InChI is InChI=1S/C24H19N3O5/c28-23(18-6-2-1-3-7-18)26-20(14-17-10-11-21-22(15-17)32-16-31-21)24(29)27-25-12-4-8-19-9-5-13-30-19/h1-15H,16H2,(H,26,28)(H,27,29)/b8-4+,20-14+,25-12-. The molecule has 0 saturated carbocycles. The number of hydrogen-bond donors (Lipinski definition) is 2. The quantitative estimate of drug-likeness (QED) is 0.339. The van der Waals surface area contributed by atoms with Crippen molar-refractivity contribution >= 4 is 30.2 Å². The van der Waals surface area contributed by atoms with Gasteiger partial charge in [-0.05, 0) is 60.2 Å². The number of furan rings is 1. The van der Waals surface area contributed by atoms with Gasteiger partial charge in [0.2, 0.25) is 6.79 Å². The van der Waals surface area contributed by atoms with Crippen molar-refractivity contribution in [1.82, 2.24) is 10.7 Å². The van der Waals surface area contributed by atoms with Crippen LogP contribution in [0.15, 0.2) is 88.2 Å². The summed E-state index contributed by atoms with van der Waals surface area (Å²) in [6.45, 7) is 0.140. The molecule has 2 N–H and O–H groups in total. The molecule has 1 aliphatic heterocycles. The molecule has 0 saturated heterocycles. The summed E-state index contributed by atoms with van der Waals surface area (Å²) < 4.78 is 15.9. The highest BCUT2D eigenvalue weighted by atomic mass is 16.7. The van der Waals surface area contributed by atoms with E-state index in [-0.39, 0.29) is 12.5 Å². The molecule has 8 heteroatoms. The summed E-state index contributed by atoms with van der Waals surface area (Å²) >= 11 is 0. The van der Waals surface area contributed by atoms with Gasteiger partial charge in [0.25, 0.3) is 11.8 Å². The van der Waals surface area contributed by atoms with E-state index in [1.165, 1.54) is 12.3 Å². The summed E-state index contributed by atoms with van der Waals surface area (Å²) in [6, 6.07) is 17.4. The number of hydrogen-bond acceptors (Lipinski definition) is 6. The second-order valence-corrected chi connectivity index (χ2v) is 6.58. The lowest BCUT2D eigenvalue weighted by atomic mass is 10.1. The summed E-state index contributed by atoms with van der Waals surface area (Å²) in [5, 5.41) is 6.53. The molecule has 0 unspecified atom stereocenters. The van der Waals surface area contributed by atoms with Crippen LogP contribution >= 0.6 is 0 Å². The molecule has 32 heavy (non-hydrogen) atoms. The number of fused-ring (bicyclic) bond motifs is 1. The number of benzene rings is 2. The Labute approximate surface area is 183 Å². The molecule has 2 heterocycles. The topological polar surface area (TPSA) is 102 Å². The molecule has 0 atom stereocenters. The third-order valence-corrected chi connectivity index (χ3v) is 4.37. The average molecular weight is 429 g/mol. The van der Waals surface area contributed by atoms with E-state index >= 15 is 0 Å². The van der Waals surface area contributed by atoms with Gasteiger partial charge in [-0.3, -0.25) is 9.59 Å². The summed E-state index contributed by atoms with van der Waals surface area (Å²) in [5.41, 5.74) is 3.49. The van der Waals surface area contributed by atoms with Crippen LogP contribution in [-0.2, 0) is 4.79 Å². The molecule has 0 bridgehead atoms. The fraction of sp³-hybridized carbons (Fsp3) is 0.0417. The van der Waals surface area contributed by atoms with Gasteiger partial charge in [-0.2, -0.15) is 5.10 Å². The first-order chi connectivity index (χ1) is 15.7. The second-order valence-electron chi connectivity index (χ2n) is 6.58. The van der Waals surface area contributed by atoms with Gasteiger partial charge in [-0.25, -0.2) is 5.43 Å². The highest BCUT2D eigenvalue weighted by molar-refractivity contribution is 6.05. The zero-order valence-electron chi connectivity index (χ0n) is 16.9. The van der Waals surface area contributed by atoms with E-state index in [2.05, 4.69) is 15.8 Å². The van der Waals surface area contributed by atoms with Gasteiger partial charge in [0.15, 0.2) is 11.5 Å². The molecule has 2 amide bonds. The Morgan fingerprint density at radius 3 is 2.62 bits per heavy atom. The van der Waals surface area contributed by atoms with Gasteiger partial charge in [0, 0.05) is 11.8 Å². The van der Waals surface area contributed by atoms with Crippen LogP contribution in [0.3, 0.4) is 0 Å². The SMILES string of the molecule is O=C(N/N=C\C=C\c1ccco1)/C(=C\c1ccc2c(c1)OCO2)NC(=O)c1ccccc1. The summed E-state index contributed by atoms with van der Waals surface area (Å²) in [4.78, 5) is 25.3. The predicted molar refractivity (Wildman–Crippen MR) is 119 cm³/mol. The van der Waals surface area contributed by atoms with E-state index in [1.54, 1.807) is 79.1 Å². The van der Waals surface area contributed by atoms with Gasteiger partial charge >= 0.3 is 0 Å². The van der Waals surface area contributed by atoms with Crippen molar-refractivity contribution in [3.05, 3.63) is 95.6 Å². The van der Waals surface area contributed by atoms with Crippen molar-refractivity contribution in [3.63, 3.8) is 0 Å². The van der Waals surface area contributed by atoms with Gasteiger partial charge in [-0.1, -0.05) is 24.3 Å². The van der Waals surface area contributed by atoms with E-state index in [4.69, 9.17) is 13.9 Å². The highest BCUT2D eigenvalue weighted by Gasteiger charge is 2.16. The summed E-state index contributed by atoms with van der Waals surface area (Å²) in [6.07, 6.45) is 7.80. The second kappa shape index (κ2) is 9.94. The van der Waals surface area contributed by atoms with E-state index in [9.17, 15) is 9.59 Å². The number of ether oxygens (including phenoxy) is 2. The third-order valence-electron chi connectivity index (χ3n) is 4.37. The molecule has 4 rings (SSSR count). The number of allylic oxidation sites excluding steroid dienone is 1. The summed E-state index contributed by atoms with van der Waals surface area (Å²) in [5.74, 6) is 0.828. The number of carbonyl (C=O) groups is 2. The molecule has 0 radical (unpaired) electrons. The van der Waals surface area contributed by atoms with Crippen molar-refractivity contribution in [3.8, 4) is 11.5 Å². The van der Waals surface area contributed by atoms with Crippen LogP contribution in [0, 0.1) is 0 Å². The van der Waals surface area contributed by atoms with Gasteiger partial charge < -0.3 is 19.2 Å². The minimum Gasteiger partial charge on any atom is -0.465 e. The minimum atomic E-state index is -0.588. The van der Waals surface area contributed by atoms with E-state index in [0.717, 1.165) is 0 Å². The molecule has 0 fully saturated rings. The molecular weight excluding hydrogens is 410 g/mol. The van der Waals surface area contributed by atoms with Gasteiger partial charge in [0.1, 0.15) is 11.5 Å². The van der Waals surface area contributed by atoms with E-state index < -0.39 is 11.8 Å². The zero-order valence-corrected chi connectivity index (χ0v) is 16.9. The maximum atomic E-state index is 12.7. The van der Waals surface area contributed by atoms with E-state index in [0.29, 0.717) is 28.4 Å². The predicted octanol–water partition coefficient (Wildman–Crippen LogP) is 3.59. The van der Waals surface area contributed by atoms with Crippen LogP contribution in [0.4, 0.5) is 0 Å². The Bertz CT molecular complexity index is 1180. The highest BCUT2D eigenvalue weighted by Crippen LogP contribution is 2.33. The fourth-order valence-electron chi connectivity index (χ4n) is 2.84. The Hall–Kier alpha value is -4.59. The van der Waals surface area contributed by atoms with Crippen molar-refractivity contribution in [1.29, 1.82) is 0 Å². The van der Waals surface area contributed by atoms with Crippen LogP contribution in [-0.4, -0.2) is 24.8 Å². The summed E-state index contributed by atoms with van der Waals surface area (Å²) in [7, 11) is 0. The molecule has 2 aromatic carbocycles. The van der Waals surface area contributed by atoms with Crippen LogP contribution in [0.25, 0.3) is 12.2 Å². The minimum absolute atomic E-state index is 0.0184. The fourth-order valence-corrected chi connectivity index (χ4v) is 2.84. The molecular formula is C24H19N3O5. The first-order valence-electron chi connectivity index (χ1n) is 9.70. The monoisotopic (exact) mass is 429 g/mol. The smallest absolute Gasteiger partial charge is 0.287 e. The lowest BCUT2D eigenvalue weighted by Crippen LogP contribution is -2.32. The Morgan fingerprint density at radius 2 is 1.81 bits per heavy atom. The Kier molecular flexibility index (Phi) is 6.42. The average Bonchev–Trinajstić information content (AvgIpc) is 3.50. The lowest BCUT2D eigenvalue weighted by molar-refractivity contribution is -0.117. The van der Waals surface area contributed by atoms with Crippen molar-refractivity contribution in [2.75, 3.05) is 6.79 Å². The first kappa shape index (κ1) is 20.7. The molecule has 3 aromatic rings. The molecule has 0 aliphatic carbocycles. The number of carbonyl (C=O) groups excluding carboxylic acids is 2.